The van der Waals surface area contributed by atoms with Gasteiger partial charge >= 0.3 is 0 Å². The second kappa shape index (κ2) is 7.07. The Balaban J connectivity index is 1.90. The summed E-state index contributed by atoms with van der Waals surface area (Å²) in [5.74, 6) is -0.356. The van der Waals surface area contributed by atoms with Gasteiger partial charge in [-0.25, -0.2) is 4.39 Å². The molecular weight excluding hydrogens is 275 g/mol. The molecule has 1 aromatic heterocycles. The number of benzene rings is 1. The molecule has 0 saturated carbocycles. The molecule has 0 atom stereocenters. The van der Waals surface area contributed by atoms with Crippen molar-refractivity contribution in [3.8, 4) is 0 Å². The minimum atomic E-state index is -0.356. The van der Waals surface area contributed by atoms with Gasteiger partial charge in [0, 0.05) is 23.9 Å². The lowest BCUT2D eigenvalue weighted by molar-refractivity contribution is 0.123. The molecule has 20 heavy (non-hydrogen) atoms. The lowest BCUT2D eigenvalue weighted by Gasteiger charge is -2.09. The van der Waals surface area contributed by atoms with Gasteiger partial charge in [-0.3, -0.25) is 4.98 Å². The number of nitrogens with two attached hydrogens (primary N) is 1. The van der Waals surface area contributed by atoms with Crippen molar-refractivity contribution in [1.29, 1.82) is 0 Å². The van der Waals surface area contributed by atoms with Crippen LogP contribution < -0.4 is 5.73 Å². The average molecular weight is 290 g/mol. The Hall–Kier alpha value is -1.85. The predicted octanol–water partition coefficient (Wildman–Crippen LogP) is 2.61. The van der Waals surface area contributed by atoms with Crippen molar-refractivity contribution in [2.24, 2.45) is 5.73 Å². The van der Waals surface area contributed by atoms with Gasteiger partial charge in [0.25, 0.3) is 0 Å². The van der Waals surface area contributed by atoms with E-state index in [0.29, 0.717) is 18.8 Å². The molecule has 0 amide bonds. The van der Waals surface area contributed by atoms with Gasteiger partial charge in [0.2, 0.25) is 0 Å². The quantitative estimate of drug-likeness (QED) is 0.656. The fourth-order valence-corrected chi connectivity index (χ4v) is 2.00. The van der Waals surface area contributed by atoms with Crippen LogP contribution in [0.15, 0.2) is 42.6 Å². The third-order valence-corrected chi connectivity index (χ3v) is 3.04. The molecule has 5 heteroatoms. The largest absolute Gasteiger partial charge is 0.389 e. The van der Waals surface area contributed by atoms with Crippen molar-refractivity contribution >= 4 is 17.2 Å². The van der Waals surface area contributed by atoms with Gasteiger partial charge in [0.05, 0.1) is 13.2 Å². The second-order valence-electron chi connectivity index (χ2n) is 4.29. The molecule has 104 valence electrons. The zero-order valence-electron chi connectivity index (χ0n) is 10.9. The van der Waals surface area contributed by atoms with Crippen LogP contribution in [0.25, 0.3) is 0 Å². The zero-order valence-corrected chi connectivity index (χ0v) is 11.7. The summed E-state index contributed by atoms with van der Waals surface area (Å²) in [5, 5.41) is 0. The maximum atomic E-state index is 13.2. The normalized spacial score (nSPS) is 10.4. The lowest BCUT2D eigenvalue weighted by Crippen LogP contribution is -2.13. The van der Waals surface area contributed by atoms with Crippen LogP contribution in [-0.2, 0) is 17.8 Å². The molecule has 0 unspecified atom stereocenters. The highest BCUT2D eigenvalue weighted by atomic mass is 32.1. The third-order valence-electron chi connectivity index (χ3n) is 2.82. The van der Waals surface area contributed by atoms with Crippen molar-refractivity contribution in [3.05, 3.63) is 65.2 Å². The van der Waals surface area contributed by atoms with E-state index in [4.69, 9.17) is 22.7 Å². The van der Waals surface area contributed by atoms with Crippen LogP contribution in [0.3, 0.4) is 0 Å². The maximum Gasteiger partial charge on any atom is 0.123 e. The van der Waals surface area contributed by atoms with E-state index in [-0.39, 0.29) is 10.8 Å². The number of thiocarbonyl (C=S) groups is 1. The zero-order chi connectivity index (χ0) is 14.4. The number of halogens is 1. The molecule has 0 bridgehead atoms. The van der Waals surface area contributed by atoms with Gasteiger partial charge in [0.15, 0.2) is 0 Å². The highest BCUT2D eigenvalue weighted by molar-refractivity contribution is 7.80. The molecule has 0 saturated heterocycles. The molecule has 2 N–H and O–H groups in total. The summed E-state index contributed by atoms with van der Waals surface area (Å²) in [6.45, 7) is 0.880. The number of rotatable bonds is 6. The first kappa shape index (κ1) is 14.6. The Morgan fingerprint density at radius 2 is 2.15 bits per heavy atom. The molecule has 0 fully saturated rings. The Morgan fingerprint density at radius 3 is 2.85 bits per heavy atom. The Labute approximate surface area is 122 Å². The van der Waals surface area contributed by atoms with Crippen LogP contribution in [-0.4, -0.2) is 16.6 Å². The van der Waals surface area contributed by atoms with E-state index in [0.717, 1.165) is 17.7 Å². The number of aromatic nitrogens is 1. The highest BCUT2D eigenvalue weighted by Crippen LogP contribution is 2.13. The molecule has 1 aromatic carbocycles. The molecular formula is C15H15FN2OS. The van der Waals surface area contributed by atoms with E-state index in [1.165, 1.54) is 12.1 Å². The summed E-state index contributed by atoms with van der Waals surface area (Å²) in [4.78, 5) is 4.38. The first-order chi connectivity index (χ1) is 9.66. The van der Waals surface area contributed by atoms with Gasteiger partial charge in [0.1, 0.15) is 10.8 Å². The first-order valence-corrected chi connectivity index (χ1v) is 6.63. The van der Waals surface area contributed by atoms with Crippen molar-refractivity contribution in [2.75, 3.05) is 6.61 Å². The van der Waals surface area contributed by atoms with Crippen LogP contribution in [0.4, 0.5) is 4.39 Å². The van der Waals surface area contributed by atoms with E-state index < -0.39 is 0 Å². The standard InChI is InChI=1S/C15H15FN2OS/c16-12-5-4-11(14(9-12)15(17)20)10-19-8-6-13-3-1-2-7-18-13/h1-5,7,9H,6,8,10H2,(H2,17,20). The van der Waals surface area contributed by atoms with Crippen LogP contribution in [0.5, 0.6) is 0 Å². The van der Waals surface area contributed by atoms with Crippen molar-refractivity contribution in [3.63, 3.8) is 0 Å². The predicted molar refractivity (Wildman–Crippen MR) is 79.9 cm³/mol. The molecule has 2 aromatic rings. The minimum Gasteiger partial charge on any atom is -0.389 e. The molecule has 0 aliphatic rings. The summed E-state index contributed by atoms with van der Waals surface area (Å²) < 4.78 is 18.7. The first-order valence-electron chi connectivity index (χ1n) is 6.22. The highest BCUT2D eigenvalue weighted by Gasteiger charge is 2.07. The fraction of sp³-hybridized carbons (Fsp3) is 0.200. The number of hydrogen-bond donors (Lipinski definition) is 1. The van der Waals surface area contributed by atoms with E-state index in [2.05, 4.69) is 4.98 Å². The number of ether oxygens (including phenoxy) is 1. The van der Waals surface area contributed by atoms with Gasteiger partial charge < -0.3 is 10.5 Å². The van der Waals surface area contributed by atoms with Crippen molar-refractivity contribution < 1.29 is 9.13 Å². The van der Waals surface area contributed by atoms with Crippen LogP contribution in [0.1, 0.15) is 16.8 Å². The van der Waals surface area contributed by atoms with Gasteiger partial charge in [-0.05, 0) is 29.8 Å². The monoisotopic (exact) mass is 290 g/mol. The summed E-state index contributed by atoms with van der Waals surface area (Å²) >= 11 is 4.91. The SMILES string of the molecule is NC(=S)c1cc(F)ccc1COCCc1ccccn1. The Morgan fingerprint density at radius 1 is 1.30 bits per heavy atom. The average Bonchev–Trinajstić information content (AvgIpc) is 2.45. The molecule has 1 heterocycles. The van der Waals surface area contributed by atoms with E-state index >= 15 is 0 Å². The van der Waals surface area contributed by atoms with E-state index in [9.17, 15) is 4.39 Å². The topological polar surface area (TPSA) is 48.1 Å². The molecule has 0 aliphatic heterocycles. The van der Waals surface area contributed by atoms with Gasteiger partial charge in [-0.2, -0.15) is 0 Å². The summed E-state index contributed by atoms with van der Waals surface area (Å²) in [7, 11) is 0. The van der Waals surface area contributed by atoms with E-state index in [1.54, 1.807) is 12.3 Å². The second-order valence-corrected chi connectivity index (χ2v) is 4.73. The van der Waals surface area contributed by atoms with Crippen LogP contribution >= 0.6 is 12.2 Å². The third kappa shape index (κ3) is 4.08. The van der Waals surface area contributed by atoms with Crippen LogP contribution in [0, 0.1) is 5.82 Å². The van der Waals surface area contributed by atoms with Crippen molar-refractivity contribution in [2.45, 2.75) is 13.0 Å². The summed E-state index contributed by atoms with van der Waals surface area (Å²) in [6.07, 6.45) is 2.48. The summed E-state index contributed by atoms with van der Waals surface area (Å²) in [5.41, 5.74) is 7.87. The molecule has 0 radical (unpaired) electrons. The lowest BCUT2D eigenvalue weighted by atomic mass is 10.1. The molecule has 0 spiro atoms. The molecule has 0 aliphatic carbocycles. The van der Waals surface area contributed by atoms with E-state index in [1.807, 2.05) is 18.2 Å². The number of hydrogen-bond acceptors (Lipinski definition) is 3. The molecule has 2 rings (SSSR count). The minimum absolute atomic E-state index is 0.174. The van der Waals surface area contributed by atoms with Crippen molar-refractivity contribution in [1.82, 2.24) is 4.98 Å². The summed E-state index contributed by atoms with van der Waals surface area (Å²) in [6, 6.07) is 10.1. The number of nitrogens with zero attached hydrogens (tertiary/aromatic N) is 1. The number of pyridine rings is 1. The van der Waals surface area contributed by atoms with Gasteiger partial charge in [-0.1, -0.05) is 24.4 Å². The Bertz CT molecular complexity index is 590. The Kier molecular flexibility index (Phi) is 5.15. The smallest absolute Gasteiger partial charge is 0.123 e. The van der Waals surface area contributed by atoms with Crippen LogP contribution in [0.2, 0.25) is 0 Å². The fourth-order valence-electron chi connectivity index (χ4n) is 1.81. The maximum absolute atomic E-state index is 13.2. The van der Waals surface area contributed by atoms with Gasteiger partial charge in [-0.15, -0.1) is 0 Å². The molecule has 3 nitrogen and oxygen atoms in total.